The van der Waals surface area contributed by atoms with Gasteiger partial charge in [0.15, 0.2) is 6.61 Å². The van der Waals surface area contributed by atoms with Gasteiger partial charge in [0.05, 0.1) is 19.3 Å². The highest BCUT2D eigenvalue weighted by Gasteiger charge is 2.29. The summed E-state index contributed by atoms with van der Waals surface area (Å²) in [4.78, 5) is 20.6. The van der Waals surface area contributed by atoms with Crippen molar-refractivity contribution < 1.29 is 14.3 Å². The fraction of sp³-hybridized carbons (Fsp3) is 0.423. The molecule has 1 aromatic heterocycles. The van der Waals surface area contributed by atoms with Crippen molar-refractivity contribution in [2.45, 2.75) is 12.5 Å². The normalized spacial score (nSPS) is 19.0. The van der Waals surface area contributed by atoms with Gasteiger partial charge in [0, 0.05) is 54.3 Å². The van der Waals surface area contributed by atoms with E-state index in [1.165, 1.54) is 21.7 Å². The van der Waals surface area contributed by atoms with Crippen molar-refractivity contribution in [2.75, 3.05) is 59.6 Å². The van der Waals surface area contributed by atoms with Crippen molar-refractivity contribution in [1.82, 2.24) is 19.8 Å². The highest BCUT2D eigenvalue weighted by molar-refractivity contribution is 6.31. The second kappa shape index (κ2) is 10.6. The molecule has 1 fully saturated rings. The molecule has 0 aliphatic carbocycles. The van der Waals surface area contributed by atoms with E-state index < -0.39 is 0 Å². The smallest absolute Gasteiger partial charge is 0.274 e. The average molecular weight is 498 g/mol. The molecular weight excluding hydrogens is 466 g/mol. The zero-order valence-electron chi connectivity index (χ0n) is 20.0. The third-order valence-electron chi connectivity index (χ3n) is 6.97. The molecule has 5 rings (SSSR count). The fourth-order valence-corrected chi connectivity index (χ4v) is 5.15. The van der Waals surface area contributed by atoms with Crippen molar-refractivity contribution in [3.05, 3.63) is 64.3 Å². The van der Waals surface area contributed by atoms with Crippen LogP contribution in [0.3, 0.4) is 0 Å². The number of hydrogen-bond acceptors (Lipinski definition) is 6. The van der Waals surface area contributed by atoms with E-state index in [0.717, 1.165) is 61.9 Å². The first kappa shape index (κ1) is 24.1. The number of morpholine rings is 1. The van der Waals surface area contributed by atoms with Crippen molar-refractivity contribution in [1.29, 1.82) is 0 Å². The molecule has 9 heteroatoms. The zero-order chi connectivity index (χ0) is 24.4. The van der Waals surface area contributed by atoms with Gasteiger partial charge < -0.3 is 14.5 Å². The van der Waals surface area contributed by atoms with E-state index >= 15 is 0 Å². The predicted molar refractivity (Wildman–Crippen MR) is 137 cm³/mol. The maximum absolute atomic E-state index is 12.4. The monoisotopic (exact) mass is 497 g/mol. The van der Waals surface area contributed by atoms with Gasteiger partial charge in [0.2, 0.25) is 0 Å². The molecule has 3 aromatic rings. The number of nitrogens with one attached hydrogen (secondary N) is 1. The van der Waals surface area contributed by atoms with E-state index in [4.69, 9.17) is 26.9 Å². The molecule has 1 saturated heterocycles. The van der Waals surface area contributed by atoms with E-state index in [0.29, 0.717) is 12.3 Å². The first-order valence-corrected chi connectivity index (χ1v) is 12.5. The number of aromatic nitrogens is 1. The molecule has 0 radical (unpaired) electrons. The summed E-state index contributed by atoms with van der Waals surface area (Å²) in [6.07, 6.45) is 0.979. The minimum atomic E-state index is -0.240. The number of benzene rings is 2. The summed E-state index contributed by atoms with van der Waals surface area (Å²) in [5.41, 5.74) is 4.81. The Kier molecular flexibility index (Phi) is 7.27. The van der Waals surface area contributed by atoms with Crippen molar-refractivity contribution in [3.8, 4) is 5.75 Å². The lowest BCUT2D eigenvalue weighted by molar-refractivity contribution is -0.134. The quantitative estimate of drug-likeness (QED) is 0.296. The standard InChI is InChI=1S/C26H32ClN5O3/c1-30-9-8-21-22-16-19(27)4-7-23(22)29-25(21)26(30)18-2-5-20(6-3-18)35-17-24(33)32(28)11-10-31-12-14-34-15-13-31/h2-7,16,26,29H,8-15,17,28H2,1H3. The predicted octanol–water partition coefficient (Wildman–Crippen LogP) is 2.81. The molecule has 2 aliphatic heterocycles. The van der Waals surface area contributed by atoms with Crippen molar-refractivity contribution >= 4 is 28.4 Å². The van der Waals surface area contributed by atoms with E-state index in [-0.39, 0.29) is 18.6 Å². The number of amides is 1. The number of carbonyl (C=O) groups is 1. The van der Waals surface area contributed by atoms with Gasteiger partial charge in [-0.05, 0) is 54.9 Å². The molecule has 2 aliphatic rings. The van der Waals surface area contributed by atoms with Gasteiger partial charge >= 0.3 is 0 Å². The van der Waals surface area contributed by atoms with E-state index in [9.17, 15) is 4.79 Å². The molecule has 0 saturated carbocycles. The number of ether oxygens (including phenoxy) is 2. The van der Waals surface area contributed by atoms with Crippen LogP contribution in [0, 0.1) is 0 Å². The number of carbonyl (C=O) groups excluding carboxylic acids is 1. The summed E-state index contributed by atoms with van der Waals surface area (Å²) in [6, 6.07) is 14.1. The van der Waals surface area contributed by atoms with Crippen LogP contribution in [-0.4, -0.2) is 85.3 Å². The number of H-pyrrole nitrogens is 1. The lowest BCUT2D eigenvalue weighted by Gasteiger charge is -2.33. The summed E-state index contributed by atoms with van der Waals surface area (Å²) >= 11 is 6.26. The number of hydrogen-bond donors (Lipinski definition) is 2. The van der Waals surface area contributed by atoms with Gasteiger partial charge in [0.25, 0.3) is 5.91 Å². The largest absolute Gasteiger partial charge is 0.484 e. The summed E-state index contributed by atoms with van der Waals surface area (Å²) in [5, 5.41) is 3.19. The Morgan fingerprint density at radius 1 is 1.20 bits per heavy atom. The Hall–Kier alpha value is -2.62. The van der Waals surface area contributed by atoms with Crippen LogP contribution in [-0.2, 0) is 16.0 Å². The molecular formula is C26H32ClN5O3. The number of nitrogens with zero attached hydrogens (tertiary/aromatic N) is 3. The lowest BCUT2D eigenvalue weighted by atomic mass is 9.93. The Labute approximate surface area is 210 Å². The summed E-state index contributed by atoms with van der Waals surface area (Å²) in [5.74, 6) is 6.35. The topological polar surface area (TPSA) is 87.1 Å². The second-order valence-corrected chi connectivity index (χ2v) is 9.68. The maximum Gasteiger partial charge on any atom is 0.274 e. The maximum atomic E-state index is 12.4. The minimum Gasteiger partial charge on any atom is -0.484 e. The van der Waals surface area contributed by atoms with Gasteiger partial charge in [-0.15, -0.1) is 0 Å². The molecule has 1 atom stereocenters. The van der Waals surface area contributed by atoms with Gasteiger partial charge in [0.1, 0.15) is 5.75 Å². The number of nitrogens with two attached hydrogens (primary N) is 1. The number of hydrazine groups is 1. The SMILES string of the molecule is CN1CCc2c([nH]c3ccc(Cl)cc23)C1c1ccc(OCC(=O)N(N)CCN2CCOCC2)cc1. The Balaban J connectivity index is 1.21. The van der Waals surface area contributed by atoms with Gasteiger partial charge in [-0.25, -0.2) is 5.84 Å². The molecule has 3 N–H and O–H groups in total. The Bertz CT molecular complexity index is 1180. The zero-order valence-corrected chi connectivity index (χ0v) is 20.8. The van der Waals surface area contributed by atoms with Gasteiger partial charge in [-0.3, -0.25) is 19.6 Å². The van der Waals surface area contributed by atoms with Crippen LogP contribution in [0.25, 0.3) is 10.9 Å². The number of aromatic amines is 1. The summed E-state index contributed by atoms with van der Waals surface area (Å²) in [6.45, 7) is 5.26. The van der Waals surface area contributed by atoms with Crippen LogP contribution < -0.4 is 10.6 Å². The third-order valence-corrected chi connectivity index (χ3v) is 7.20. The highest BCUT2D eigenvalue weighted by atomic mass is 35.5. The highest BCUT2D eigenvalue weighted by Crippen LogP contribution is 2.38. The molecule has 186 valence electrons. The number of likely N-dealkylation sites (N-methyl/N-ethyl adjacent to an activating group) is 1. The van der Waals surface area contributed by atoms with E-state index in [1.54, 1.807) is 0 Å². The molecule has 0 spiro atoms. The third kappa shape index (κ3) is 5.32. The molecule has 1 unspecified atom stereocenters. The van der Waals surface area contributed by atoms with Crippen LogP contribution in [0.4, 0.5) is 0 Å². The molecule has 3 heterocycles. The molecule has 1 amide bonds. The van der Waals surface area contributed by atoms with Crippen molar-refractivity contribution in [2.24, 2.45) is 5.84 Å². The van der Waals surface area contributed by atoms with Gasteiger partial charge in [-0.1, -0.05) is 23.7 Å². The van der Waals surface area contributed by atoms with Crippen molar-refractivity contribution in [3.63, 3.8) is 0 Å². The number of fused-ring (bicyclic) bond motifs is 3. The first-order chi connectivity index (χ1) is 17.0. The fourth-order valence-electron chi connectivity index (χ4n) is 4.98. The molecule has 0 bridgehead atoms. The van der Waals surface area contributed by atoms with Crippen LogP contribution >= 0.6 is 11.6 Å². The Morgan fingerprint density at radius 2 is 1.97 bits per heavy atom. The molecule has 35 heavy (non-hydrogen) atoms. The van der Waals surface area contributed by atoms with E-state index in [2.05, 4.69) is 34.0 Å². The van der Waals surface area contributed by atoms with Crippen LogP contribution in [0.5, 0.6) is 5.75 Å². The second-order valence-electron chi connectivity index (χ2n) is 9.24. The van der Waals surface area contributed by atoms with Crippen LogP contribution in [0.15, 0.2) is 42.5 Å². The van der Waals surface area contributed by atoms with E-state index in [1.807, 2.05) is 30.3 Å². The summed E-state index contributed by atoms with van der Waals surface area (Å²) in [7, 11) is 2.14. The summed E-state index contributed by atoms with van der Waals surface area (Å²) < 4.78 is 11.1. The lowest BCUT2D eigenvalue weighted by Crippen LogP contribution is -2.47. The number of rotatable bonds is 7. The first-order valence-electron chi connectivity index (χ1n) is 12.1. The average Bonchev–Trinajstić information content (AvgIpc) is 3.24. The minimum absolute atomic E-state index is 0.0881. The Morgan fingerprint density at radius 3 is 2.74 bits per heavy atom. The number of halogens is 1. The van der Waals surface area contributed by atoms with Gasteiger partial charge in [-0.2, -0.15) is 0 Å². The molecule has 8 nitrogen and oxygen atoms in total. The van der Waals surface area contributed by atoms with Crippen LogP contribution in [0.1, 0.15) is 22.9 Å². The van der Waals surface area contributed by atoms with Crippen LogP contribution in [0.2, 0.25) is 5.02 Å². The molecule has 2 aromatic carbocycles.